The number of ether oxygens (including phenoxy) is 1. The third kappa shape index (κ3) is 4.77. The van der Waals surface area contributed by atoms with Crippen molar-refractivity contribution in [3.8, 4) is 11.3 Å². The number of aryl methyl sites for hydroxylation is 1. The van der Waals surface area contributed by atoms with Gasteiger partial charge in [0.2, 0.25) is 0 Å². The predicted octanol–water partition coefficient (Wildman–Crippen LogP) is 1.53. The van der Waals surface area contributed by atoms with E-state index in [1.807, 2.05) is 16.9 Å². The van der Waals surface area contributed by atoms with Crippen molar-refractivity contribution in [3.05, 3.63) is 35.3 Å². The highest BCUT2D eigenvalue weighted by Gasteiger charge is 2.35. The van der Waals surface area contributed by atoms with E-state index in [4.69, 9.17) is 25.5 Å². The maximum atomic E-state index is 12.7. The van der Waals surface area contributed by atoms with E-state index < -0.39 is 5.97 Å². The van der Waals surface area contributed by atoms with Crippen molar-refractivity contribution in [2.45, 2.75) is 70.2 Å². The summed E-state index contributed by atoms with van der Waals surface area (Å²) in [6.45, 7) is 2.35. The molecule has 5 rings (SSSR count). The molecule has 0 bridgehead atoms. The fraction of sp³-hybridized carbons (Fsp3) is 0.545. The molecule has 1 fully saturated rings. The van der Waals surface area contributed by atoms with Gasteiger partial charge in [-0.25, -0.2) is 4.79 Å². The minimum Gasteiger partial charge on any atom is -0.481 e. The van der Waals surface area contributed by atoms with Crippen LogP contribution in [0.15, 0.2) is 18.5 Å². The zero-order chi connectivity index (χ0) is 22.0. The number of carbonyl (C=O) groups excluding carboxylic acids is 1. The van der Waals surface area contributed by atoms with Gasteiger partial charge in [0.1, 0.15) is 11.8 Å². The van der Waals surface area contributed by atoms with Gasteiger partial charge < -0.3 is 20.9 Å². The van der Waals surface area contributed by atoms with Gasteiger partial charge in [-0.3, -0.25) is 14.5 Å². The molecule has 0 saturated heterocycles. The number of esters is 1. The summed E-state index contributed by atoms with van der Waals surface area (Å²) in [5.74, 6) is -1.08. The molecule has 0 aromatic carbocycles. The monoisotopic (exact) mass is 427 g/mol. The molecule has 9 nitrogen and oxygen atoms in total. The second-order valence-corrected chi connectivity index (χ2v) is 8.46. The lowest BCUT2D eigenvalue weighted by Gasteiger charge is -2.30. The third-order valence-corrected chi connectivity index (χ3v) is 6.10. The molecule has 31 heavy (non-hydrogen) atoms. The topological polar surface area (TPSA) is 132 Å². The highest BCUT2D eigenvalue weighted by Crippen LogP contribution is 2.35. The van der Waals surface area contributed by atoms with Crippen LogP contribution in [0.3, 0.4) is 0 Å². The number of hydrogen-bond donors (Lipinski definition) is 3. The number of carbonyl (C=O) groups is 2. The lowest BCUT2D eigenvalue weighted by Crippen LogP contribution is -2.44. The third-order valence-electron chi connectivity index (χ3n) is 6.10. The smallest absolute Gasteiger partial charge is 0.357 e. The first kappa shape index (κ1) is 21.5. The van der Waals surface area contributed by atoms with E-state index in [0.29, 0.717) is 30.9 Å². The molecule has 1 aliphatic heterocycles. The van der Waals surface area contributed by atoms with E-state index in [-0.39, 0.29) is 12.1 Å². The van der Waals surface area contributed by atoms with Crippen molar-refractivity contribution in [2.24, 2.45) is 5.73 Å². The summed E-state index contributed by atoms with van der Waals surface area (Å²) in [6, 6.07) is 2.80. The Morgan fingerprint density at radius 2 is 2.06 bits per heavy atom. The molecule has 9 heteroatoms. The molecule has 3 heterocycles. The van der Waals surface area contributed by atoms with Crippen LogP contribution in [0.5, 0.6) is 0 Å². The molecule has 2 aliphatic carbocycles. The van der Waals surface area contributed by atoms with Crippen molar-refractivity contribution in [1.29, 1.82) is 0 Å². The van der Waals surface area contributed by atoms with Crippen molar-refractivity contribution < 1.29 is 19.4 Å². The SMILES string of the molecule is CC(=O)O.NC1CCC(NCC2Cn3nc4c(c3C(=O)O2)CCc2cnccc2-4)CC1. The minimum absolute atomic E-state index is 0.182. The number of hydrogen-bond acceptors (Lipinski definition) is 7. The van der Waals surface area contributed by atoms with Crippen LogP contribution < -0.4 is 11.1 Å². The lowest BCUT2D eigenvalue weighted by atomic mass is 9.90. The van der Waals surface area contributed by atoms with Crippen molar-refractivity contribution >= 4 is 11.9 Å². The van der Waals surface area contributed by atoms with E-state index in [1.54, 1.807) is 6.20 Å². The Kier molecular flexibility index (Phi) is 6.33. The number of nitrogens with two attached hydrogens (primary N) is 1. The first-order chi connectivity index (χ1) is 14.9. The molecule has 1 atom stereocenters. The summed E-state index contributed by atoms with van der Waals surface area (Å²) in [7, 11) is 0. The lowest BCUT2D eigenvalue weighted by molar-refractivity contribution is -0.134. The van der Waals surface area contributed by atoms with Crippen molar-refractivity contribution in [1.82, 2.24) is 20.1 Å². The van der Waals surface area contributed by atoms with Gasteiger partial charge in [0, 0.05) is 49.1 Å². The van der Waals surface area contributed by atoms with Crippen LogP contribution >= 0.6 is 0 Å². The number of aromatic nitrogens is 3. The second kappa shape index (κ2) is 9.15. The maximum absolute atomic E-state index is 12.7. The normalized spacial score (nSPS) is 24.1. The second-order valence-electron chi connectivity index (χ2n) is 8.46. The van der Waals surface area contributed by atoms with Crippen molar-refractivity contribution in [2.75, 3.05) is 6.54 Å². The maximum Gasteiger partial charge on any atom is 0.357 e. The molecule has 2 aromatic rings. The molecular weight excluding hydrogens is 398 g/mol. The van der Waals surface area contributed by atoms with Crippen molar-refractivity contribution in [3.63, 3.8) is 0 Å². The molecular formula is C22H29N5O4. The number of carboxylic acids is 1. The molecule has 1 saturated carbocycles. The predicted molar refractivity (Wildman–Crippen MR) is 114 cm³/mol. The Balaban J connectivity index is 0.000000535. The minimum atomic E-state index is -0.833. The summed E-state index contributed by atoms with van der Waals surface area (Å²) in [4.78, 5) is 25.9. The van der Waals surface area contributed by atoms with Gasteiger partial charge in [-0.05, 0) is 50.2 Å². The van der Waals surface area contributed by atoms with Gasteiger partial charge in [0.25, 0.3) is 5.97 Å². The number of carboxylic acid groups (broad SMARTS) is 1. The Morgan fingerprint density at radius 1 is 1.32 bits per heavy atom. The average Bonchev–Trinajstić information content (AvgIpc) is 3.12. The molecule has 0 radical (unpaired) electrons. The van der Waals surface area contributed by atoms with E-state index in [9.17, 15) is 4.79 Å². The van der Waals surface area contributed by atoms with Crippen LogP contribution in [0.1, 0.15) is 54.2 Å². The molecule has 3 aliphatic rings. The Labute approximate surface area is 181 Å². The molecule has 0 spiro atoms. The standard InChI is InChI=1S/C20H25N5O2.C2H4O2/c21-13-2-4-14(5-3-13)23-10-15-11-25-19(20(26)27-15)17-6-1-12-9-22-8-7-16(12)18(17)24-25;1-2(3)4/h7-9,13-15,23H,1-6,10-11,21H2;1H3,(H,3,4). The highest BCUT2D eigenvalue weighted by atomic mass is 16.5. The van der Waals surface area contributed by atoms with Crippen LogP contribution in [0, 0.1) is 0 Å². The first-order valence-corrected chi connectivity index (χ1v) is 10.8. The van der Waals surface area contributed by atoms with Crippen LogP contribution in [-0.2, 0) is 28.9 Å². The van der Waals surface area contributed by atoms with Gasteiger partial charge in [-0.15, -0.1) is 0 Å². The van der Waals surface area contributed by atoms with Gasteiger partial charge in [-0.1, -0.05) is 0 Å². The van der Waals surface area contributed by atoms with Crippen LogP contribution in [0.2, 0.25) is 0 Å². The Bertz CT molecular complexity index is 961. The summed E-state index contributed by atoms with van der Waals surface area (Å²) >= 11 is 0. The fourth-order valence-electron chi connectivity index (χ4n) is 4.59. The summed E-state index contributed by atoms with van der Waals surface area (Å²) in [6.07, 6.45) is 9.51. The van der Waals surface area contributed by atoms with E-state index in [1.165, 1.54) is 5.56 Å². The van der Waals surface area contributed by atoms with Gasteiger partial charge in [0.05, 0.1) is 12.2 Å². The number of aliphatic carboxylic acids is 1. The van der Waals surface area contributed by atoms with Gasteiger partial charge in [-0.2, -0.15) is 5.10 Å². The molecule has 2 aromatic heterocycles. The molecule has 166 valence electrons. The van der Waals surface area contributed by atoms with Crippen LogP contribution in [0.25, 0.3) is 11.3 Å². The van der Waals surface area contributed by atoms with Gasteiger partial charge >= 0.3 is 5.97 Å². The fourth-order valence-corrected chi connectivity index (χ4v) is 4.59. The number of nitrogens with one attached hydrogen (secondary N) is 1. The first-order valence-electron chi connectivity index (χ1n) is 10.8. The zero-order valence-electron chi connectivity index (χ0n) is 17.7. The molecule has 0 amide bonds. The van der Waals surface area contributed by atoms with E-state index >= 15 is 0 Å². The van der Waals surface area contributed by atoms with E-state index in [2.05, 4.69) is 10.3 Å². The molecule has 4 N–H and O–H groups in total. The van der Waals surface area contributed by atoms with Gasteiger partial charge in [0.15, 0.2) is 0 Å². The Morgan fingerprint density at radius 3 is 2.81 bits per heavy atom. The Hall–Kier alpha value is -2.78. The highest BCUT2D eigenvalue weighted by molar-refractivity contribution is 5.93. The largest absolute Gasteiger partial charge is 0.481 e. The van der Waals surface area contributed by atoms with Crippen LogP contribution in [-0.4, -0.2) is 56.5 Å². The molecule has 1 unspecified atom stereocenters. The number of cyclic esters (lactones) is 1. The van der Waals surface area contributed by atoms with Crippen LogP contribution in [0.4, 0.5) is 0 Å². The number of pyridine rings is 1. The zero-order valence-corrected chi connectivity index (χ0v) is 17.7. The number of nitrogens with zero attached hydrogens (tertiary/aromatic N) is 3. The van der Waals surface area contributed by atoms with E-state index in [0.717, 1.165) is 62.3 Å². The number of fused-ring (bicyclic) bond motifs is 5. The quantitative estimate of drug-likeness (QED) is 0.628. The summed E-state index contributed by atoms with van der Waals surface area (Å²) < 4.78 is 7.59. The number of rotatable bonds is 3. The summed E-state index contributed by atoms with van der Waals surface area (Å²) in [5, 5.41) is 15.8. The summed E-state index contributed by atoms with van der Waals surface area (Å²) in [5.41, 5.74) is 10.8. The average molecular weight is 428 g/mol.